The van der Waals surface area contributed by atoms with Gasteiger partial charge in [-0.3, -0.25) is 9.10 Å². The van der Waals surface area contributed by atoms with Gasteiger partial charge in [0.05, 0.1) is 21.7 Å². The predicted octanol–water partition coefficient (Wildman–Crippen LogP) is 4.14. The number of anilines is 1. The number of carbonyl (C=O) groups is 1. The lowest BCUT2D eigenvalue weighted by Gasteiger charge is -2.36. The van der Waals surface area contributed by atoms with E-state index in [9.17, 15) is 31.5 Å². The minimum Gasteiger partial charge on any atom is -0.507 e. The smallest absolute Gasteiger partial charge is 0.416 e. The van der Waals surface area contributed by atoms with Gasteiger partial charge in [0.25, 0.3) is 10.0 Å². The molecule has 0 saturated heterocycles. The quantitative estimate of drug-likeness (QED) is 0.768. The largest absolute Gasteiger partial charge is 0.507 e. The fraction of sp³-hybridized carbons (Fsp3) is 0.316. The molecule has 0 saturated carbocycles. The number of phenols is 1. The van der Waals surface area contributed by atoms with Crippen LogP contribution >= 0.6 is 0 Å². The van der Waals surface area contributed by atoms with Crippen molar-refractivity contribution in [1.29, 1.82) is 0 Å². The van der Waals surface area contributed by atoms with Crippen LogP contribution in [0.1, 0.15) is 41.8 Å². The van der Waals surface area contributed by atoms with Crippen LogP contribution in [-0.2, 0) is 22.6 Å². The highest BCUT2D eigenvalue weighted by molar-refractivity contribution is 7.92. The predicted molar refractivity (Wildman–Crippen MR) is 97.0 cm³/mol. The highest BCUT2D eigenvalue weighted by atomic mass is 32.2. The second kappa shape index (κ2) is 6.80. The maximum atomic E-state index is 13.3. The summed E-state index contributed by atoms with van der Waals surface area (Å²) in [5.74, 6) is -0.890. The Labute approximate surface area is 160 Å². The summed E-state index contributed by atoms with van der Waals surface area (Å²) < 4.78 is 67.0. The van der Waals surface area contributed by atoms with Crippen molar-refractivity contribution in [3.05, 3.63) is 53.1 Å². The SMILES string of the molecule is CC(=O)c1cc(S(=O)(=O)N2c3cc(C(F)(F)F)ccc3CC[C@@H]2C)ccc1O. The van der Waals surface area contributed by atoms with Gasteiger partial charge in [-0.1, -0.05) is 6.07 Å². The molecule has 2 aromatic carbocycles. The molecule has 0 unspecified atom stereocenters. The first-order valence-corrected chi connectivity index (χ1v) is 9.95. The van der Waals surface area contributed by atoms with E-state index in [1.54, 1.807) is 6.92 Å². The minimum absolute atomic E-state index is 0.0222. The molecule has 9 heteroatoms. The van der Waals surface area contributed by atoms with Crippen LogP contribution in [0.2, 0.25) is 0 Å². The molecule has 0 fully saturated rings. The summed E-state index contributed by atoms with van der Waals surface area (Å²) >= 11 is 0. The van der Waals surface area contributed by atoms with Crippen LogP contribution in [0.4, 0.5) is 18.9 Å². The van der Waals surface area contributed by atoms with Crippen molar-refractivity contribution in [1.82, 2.24) is 0 Å². The summed E-state index contributed by atoms with van der Waals surface area (Å²) in [6.07, 6.45) is -3.71. The Morgan fingerprint density at radius 2 is 1.86 bits per heavy atom. The van der Waals surface area contributed by atoms with Gasteiger partial charge in [0.1, 0.15) is 5.75 Å². The van der Waals surface area contributed by atoms with Gasteiger partial charge < -0.3 is 5.11 Å². The van der Waals surface area contributed by atoms with E-state index in [-0.39, 0.29) is 21.9 Å². The summed E-state index contributed by atoms with van der Waals surface area (Å²) in [6, 6.07) is 5.77. The van der Waals surface area contributed by atoms with Crippen molar-refractivity contribution < 1.29 is 31.5 Å². The van der Waals surface area contributed by atoms with Gasteiger partial charge in [0, 0.05) is 6.04 Å². The van der Waals surface area contributed by atoms with E-state index >= 15 is 0 Å². The van der Waals surface area contributed by atoms with E-state index in [1.165, 1.54) is 13.0 Å². The molecule has 1 N–H and O–H groups in total. The fourth-order valence-electron chi connectivity index (χ4n) is 3.31. The summed E-state index contributed by atoms with van der Waals surface area (Å²) in [5.41, 5.74) is -0.628. The van der Waals surface area contributed by atoms with Gasteiger partial charge in [-0.25, -0.2) is 8.42 Å². The van der Waals surface area contributed by atoms with Crippen molar-refractivity contribution in [3.63, 3.8) is 0 Å². The number of phenolic OH excluding ortho intramolecular Hbond substituents is 1. The maximum Gasteiger partial charge on any atom is 0.416 e. The number of Topliss-reactive ketones (excluding diaryl/α,β-unsaturated/α-hetero) is 1. The molecule has 1 heterocycles. The van der Waals surface area contributed by atoms with E-state index in [0.717, 1.165) is 34.6 Å². The first kappa shape index (κ1) is 20.2. The zero-order valence-corrected chi connectivity index (χ0v) is 15.9. The highest BCUT2D eigenvalue weighted by Gasteiger charge is 2.37. The van der Waals surface area contributed by atoms with Crippen molar-refractivity contribution in [2.75, 3.05) is 4.31 Å². The van der Waals surface area contributed by atoms with Gasteiger partial charge in [-0.05, 0) is 62.6 Å². The number of alkyl halides is 3. The number of benzene rings is 2. The number of ketones is 1. The zero-order chi connectivity index (χ0) is 20.9. The molecule has 0 spiro atoms. The number of aryl methyl sites for hydroxylation is 1. The van der Waals surface area contributed by atoms with Crippen molar-refractivity contribution in [2.45, 2.75) is 43.8 Å². The lowest BCUT2D eigenvalue weighted by atomic mass is 9.97. The minimum atomic E-state index is -4.61. The second-order valence-corrected chi connectivity index (χ2v) is 8.58. The number of rotatable bonds is 3. The van der Waals surface area contributed by atoms with Crippen LogP contribution in [0.3, 0.4) is 0 Å². The third-order valence-corrected chi connectivity index (χ3v) is 6.71. The van der Waals surface area contributed by atoms with Gasteiger partial charge in [0.2, 0.25) is 0 Å². The Morgan fingerprint density at radius 1 is 1.18 bits per heavy atom. The average Bonchev–Trinajstić information content (AvgIpc) is 2.59. The maximum absolute atomic E-state index is 13.3. The average molecular weight is 413 g/mol. The normalized spacial score (nSPS) is 17.3. The topological polar surface area (TPSA) is 74.7 Å². The summed E-state index contributed by atoms with van der Waals surface area (Å²) in [5, 5.41) is 9.76. The van der Waals surface area contributed by atoms with Crippen LogP contribution < -0.4 is 4.31 Å². The standard InChI is InChI=1S/C19H18F3NO4S/c1-11-3-4-13-5-6-14(19(20,21)22)9-17(13)23(11)28(26,27)15-7-8-18(25)16(10-15)12(2)24/h5-11,25H,3-4H2,1-2H3/t11-/m0/s1. The Balaban J connectivity index is 2.18. The molecular formula is C19H18F3NO4S. The van der Waals surface area contributed by atoms with E-state index in [4.69, 9.17) is 0 Å². The number of halogens is 3. The van der Waals surface area contributed by atoms with Crippen molar-refractivity contribution in [2.24, 2.45) is 0 Å². The Hall–Kier alpha value is -2.55. The molecule has 1 atom stereocenters. The number of fused-ring (bicyclic) bond motifs is 1. The monoisotopic (exact) mass is 413 g/mol. The molecule has 3 rings (SSSR count). The molecule has 28 heavy (non-hydrogen) atoms. The lowest BCUT2D eigenvalue weighted by Crippen LogP contribution is -2.42. The second-order valence-electron chi connectivity index (χ2n) is 6.76. The molecule has 0 bridgehead atoms. The van der Waals surface area contributed by atoms with Crippen molar-refractivity contribution in [3.8, 4) is 5.75 Å². The molecule has 0 aliphatic carbocycles. The molecule has 0 aromatic heterocycles. The molecule has 1 aliphatic rings. The highest BCUT2D eigenvalue weighted by Crippen LogP contribution is 2.40. The number of aromatic hydroxyl groups is 1. The van der Waals surface area contributed by atoms with E-state index < -0.39 is 33.6 Å². The van der Waals surface area contributed by atoms with Crippen LogP contribution in [0.15, 0.2) is 41.3 Å². The number of nitrogens with zero attached hydrogens (tertiary/aromatic N) is 1. The van der Waals surface area contributed by atoms with E-state index in [0.29, 0.717) is 18.4 Å². The molecule has 5 nitrogen and oxygen atoms in total. The first-order chi connectivity index (χ1) is 12.9. The zero-order valence-electron chi connectivity index (χ0n) is 15.1. The van der Waals surface area contributed by atoms with Gasteiger partial charge >= 0.3 is 6.18 Å². The molecule has 1 aliphatic heterocycles. The number of hydrogen-bond acceptors (Lipinski definition) is 4. The van der Waals surface area contributed by atoms with Crippen LogP contribution in [0, 0.1) is 0 Å². The number of hydrogen-bond donors (Lipinski definition) is 1. The van der Waals surface area contributed by atoms with Crippen LogP contribution in [-0.4, -0.2) is 25.3 Å². The van der Waals surface area contributed by atoms with E-state index in [2.05, 4.69) is 0 Å². The van der Waals surface area contributed by atoms with E-state index in [1.807, 2.05) is 0 Å². The molecular weight excluding hydrogens is 395 g/mol. The summed E-state index contributed by atoms with van der Waals surface area (Å²) in [4.78, 5) is 11.4. The van der Waals surface area contributed by atoms with Gasteiger partial charge in [-0.15, -0.1) is 0 Å². The van der Waals surface area contributed by atoms with Gasteiger partial charge in [-0.2, -0.15) is 13.2 Å². The summed E-state index contributed by atoms with van der Waals surface area (Å²) in [7, 11) is -4.26. The third kappa shape index (κ3) is 3.46. The van der Waals surface area contributed by atoms with Crippen LogP contribution in [0.25, 0.3) is 0 Å². The van der Waals surface area contributed by atoms with Crippen LogP contribution in [0.5, 0.6) is 5.75 Å². The lowest BCUT2D eigenvalue weighted by molar-refractivity contribution is -0.137. The summed E-state index contributed by atoms with van der Waals surface area (Å²) in [6.45, 7) is 2.80. The third-order valence-electron chi connectivity index (χ3n) is 4.79. The van der Waals surface area contributed by atoms with Crippen molar-refractivity contribution >= 4 is 21.5 Å². The molecule has 0 radical (unpaired) electrons. The fourth-order valence-corrected chi connectivity index (χ4v) is 5.06. The Kier molecular flexibility index (Phi) is 4.91. The Bertz CT molecular complexity index is 1050. The molecule has 0 amide bonds. The van der Waals surface area contributed by atoms with Gasteiger partial charge in [0.15, 0.2) is 5.78 Å². The first-order valence-electron chi connectivity index (χ1n) is 8.51. The number of carbonyl (C=O) groups excluding carboxylic acids is 1. The molecule has 2 aromatic rings. The molecule has 150 valence electrons. The number of sulfonamides is 1. The Morgan fingerprint density at radius 3 is 2.46 bits per heavy atom.